The zero-order valence-corrected chi connectivity index (χ0v) is 17.3. The van der Waals surface area contributed by atoms with Gasteiger partial charge in [-0.1, -0.05) is 32.3 Å². The summed E-state index contributed by atoms with van der Waals surface area (Å²) in [5.74, 6) is 1.74. The van der Waals surface area contributed by atoms with Gasteiger partial charge in [-0.15, -0.1) is 0 Å². The van der Waals surface area contributed by atoms with E-state index in [0.29, 0.717) is 17.9 Å². The summed E-state index contributed by atoms with van der Waals surface area (Å²) in [6.07, 6.45) is 14.8. The van der Waals surface area contributed by atoms with Crippen molar-refractivity contribution in [2.75, 3.05) is 6.61 Å². The summed E-state index contributed by atoms with van der Waals surface area (Å²) in [5.41, 5.74) is 0.192. The monoisotopic (exact) mass is 401 g/mol. The van der Waals surface area contributed by atoms with E-state index in [0.717, 1.165) is 37.2 Å². The number of hydrogen-bond acceptors (Lipinski definition) is 2. The molecule has 0 heterocycles. The number of benzene rings is 1. The molecule has 2 aliphatic rings. The van der Waals surface area contributed by atoms with Gasteiger partial charge in [0.25, 0.3) is 0 Å². The molecule has 29 heavy (non-hydrogen) atoms. The van der Waals surface area contributed by atoms with Crippen LogP contribution < -0.4 is 0 Å². The van der Waals surface area contributed by atoms with E-state index in [2.05, 4.69) is 6.58 Å². The van der Waals surface area contributed by atoms with Crippen molar-refractivity contribution in [3.05, 3.63) is 47.7 Å². The van der Waals surface area contributed by atoms with Crippen LogP contribution >= 0.6 is 0 Å². The Kier molecular flexibility index (Phi) is 8.09. The Labute approximate surface area is 174 Å². The molecule has 158 valence electrons. The van der Waals surface area contributed by atoms with Crippen molar-refractivity contribution in [1.29, 1.82) is 5.26 Å². The van der Waals surface area contributed by atoms with Crippen LogP contribution in [0.4, 0.5) is 8.78 Å². The zero-order chi connectivity index (χ0) is 20.6. The predicted octanol–water partition coefficient (Wildman–Crippen LogP) is 6.93. The standard InChI is InChI=1S/C25H33F2NO/c1-2-29-14-13-19-7-11-22(12-8-19)21-9-5-18(6-10-21)3-4-20-15-24(26)23(17-28)25(27)16-20/h2,15-16,18-19,21-22H,1,3-14H2. The lowest BCUT2D eigenvalue weighted by Gasteiger charge is -2.38. The number of ether oxygens (including phenoxy) is 1. The van der Waals surface area contributed by atoms with E-state index in [1.165, 1.54) is 63.5 Å². The van der Waals surface area contributed by atoms with Gasteiger partial charge in [-0.2, -0.15) is 5.26 Å². The fourth-order valence-electron chi connectivity index (χ4n) is 5.46. The number of aryl methyl sites for hydroxylation is 1. The van der Waals surface area contributed by atoms with E-state index in [9.17, 15) is 8.78 Å². The summed E-state index contributed by atoms with van der Waals surface area (Å²) in [4.78, 5) is 0. The van der Waals surface area contributed by atoms with Gasteiger partial charge in [0, 0.05) is 0 Å². The Morgan fingerprint density at radius 3 is 1.93 bits per heavy atom. The number of hydrogen-bond donors (Lipinski definition) is 0. The van der Waals surface area contributed by atoms with E-state index < -0.39 is 17.2 Å². The van der Waals surface area contributed by atoms with Crippen LogP contribution in [0.25, 0.3) is 0 Å². The zero-order valence-electron chi connectivity index (χ0n) is 17.3. The highest BCUT2D eigenvalue weighted by atomic mass is 19.1. The van der Waals surface area contributed by atoms with Crippen molar-refractivity contribution in [2.45, 2.75) is 70.6 Å². The predicted molar refractivity (Wildman–Crippen MR) is 111 cm³/mol. The molecule has 0 aromatic heterocycles. The Morgan fingerprint density at radius 2 is 1.45 bits per heavy atom. The van der Waals surface area contributed by atoms with Gasteiger partial charge in [-0.05, 0) is 86.3 Å². The lowest BCUT2D eigenvalue weighted by Crippen LogP contribution is -2.26. The van der Waals surface area contributed by atoms with Crippen LogP contribution in [0, 0.1) is 46.6 Å². The first-order valence-electron chi connectivity index (χ1n) is 11.2. The van der Waals surface area contributed by atoms with Crippen LogP contribution in [0.5, 0.6) is 0 Å². The molecule has 1 aromatic carbocycles. The molecule has 2 fully saturated rings. The lowest BCUT2D eigenvalue weighted by molar-refractivity contribution is 0.129. The van der Waals surface area contributed by atoms with E-state index in [1.807, 2.05) is 0 Å². The van der Waals surface area contributed by atoms with Crippen LogP contribution in [-0.4, -0.2) is 6.61 Å². The Morgan fingerprint density at radius 1 is 0.931 bits per heavy atom. The second-order valence-corrected chi connectivity index (χ2v) is 8.97. The normalized spacial score (nSPS) is 27.2. The van der Waals surface area contributed by atoms with Crippen LogP contribution in [0.15, 0.2) is 25.0 Å². The molecule has 2 saturated carbocycles. The van der Waals surface area contributed by atoms with Gasteiger partial charge >= 0.3 is 0 Å². The fraction of sp³-hybridized carbons (Fsp3) is 0.640. The average Bonchev–Trinajstić information content (AvgIpc) is 2.73. The minimum Gasteiger partial charge on any atom is -0.502 e. The summed E-state index contributed by atoms with van der Waals surface area (Å²) in [5, 5.41) is 8.78. The smallest absolute Gasteiger partial charge is 0.144 e. The molecule has 0 amide bonds. The van der Waals surface area contributed by atoms with Crippen LogP contribution in [0.2, 0.25) is 0 Å². The first-order valence-corrected chi connectivity index (χ1v) is 11.2. The molecule has 0 unspecified atom stereocenters. The summed E-state index contributed by atoms with van der Waals surface area (Å²) in [7, 11) is 0. The largest absolute Gasteiger partial charge is 0.502 e. The highest BCUT2D eigenvalue weighted by Gasteiger charge is 2.30. The van der Waals surface area contributed by atoms with Crippen LogP contribution in [0.1, 0.15) is 75.3 Å². The molecular weight excluding hydrogens is 368 g/mol. The summed E-state index contributed by atoms with van der Waals surface area (Å²) < 4.78 is 32.8. The maximum Gasteiger partial charge on any atom is 0.144 e. The first kappa shape index (κ1) is 21.8. The van der Waals surface area contributed by atoms with E-state index >= 15 is 0 Å². The van der Waals surface area contributed by atoms with Gasteiger partial charge in [0.2, 0.25) is 0 Å². The molecule has 3 rings (SSSR count). The molecule has 0 aliphatic heterocycles. The van der Waals surface area contributed by atoms with Crippen molar-refractivity contribution >= 4 is 0 Å². The summed E-state index contributed by atoms with van der Waals surface area (Å²) >= 11 is 0. The number of nitrogens with zero attached hydrogens (tertiary/aromatic N) is 1. The maximum absolute atomic E-state index is 13.8. The average molecular weight is 402 g/mol. The van der Waals surface area contributed by atoms with Crippen molar-refractivity contribution in [1.82, 2.24) is 0 Å². The van der Waals surface area contributed by atoms with Crippen molar-refractivity contribution in [3.63, 3.8) is 0 Å². The number of halogens is 2. The maximum atomic E-state index is 13.8. The van der Waals surface area contributed by atoms with Gasteiger partial charge in [0.1, 0.15) is 23.3 Å². The molecule has 2 aliphatic carbocycles. The fourth-order valence-corrected chi connectivity index (χ4v) is 5.46. The number of rotatable bonds is 8. The highest BCUT2D eigenvalue weighted by Crippen LogP contribution is 2.42. The molecule has 0 spiro atoms. The molecule has 4 heteroatoms. The molecular formula is C25H33F2NO. The van der Waals surface area contributed by atoms with Crippen LogP contribution in [-0.2, 0) is 11.2 Å². The van der Waals surface area contributed by atoms with Gasteiger partial charge in [-0.3, -0.25) is 0 Å². The highest BCUT2D eigenvalue weighted by molar-refractivity contribution is 5.35. The quantitative estimate of drug-likeness (QED) is 0.349. The minimum absolute atomic E-state index is 0.475. The molecule has 0 atom stereocenters. The Hall–Kier alpha value is -1.89. The van der Waals surface area contributed by atoms with Crippen molar-refractivity contribution < 1.29 is 13.5 Å². The Bertz CT molecular complexity index is 687. The third-order valence-electron chi connectivity index (χ3n) is 7.27. The van der Waals surface area contributed by atoms with Gasteiger partial charge < -0.3 is 4.74 Å². The molecule has 2 nitrogen and oxygen atoms in total. The van der Waals surface area contributed by atoms with E-state index in [4.69, 9.17) is 10.00 Å². The van der Waals surface area contributed by atoms with Gasteiger partial charge in [0.05, 0.1) is 12.9 Å². The molecule has 0 saturated heterocycles. The van der Waals surface area contributed by atoms with E-state index in [1.54, 1.807) is 12.3 Å². The molecule has 0 bridgehead atoms. The topological polar surface area (TPSA) is 33.0 Å². The summed E-state index contributed by atoms with van der Waals surface area (Å²) in [6, 6.07) is 4.24. The third kappa shape index (κ3) is 6.04. The van der Waals surface area contributed by atoms with Crippen molar-refractivity contribution in [2.24, 2.45) is 23.7 Å². The molecule has 0 N–H and O–H groups in total. The Balaban J connectivity index is 1.38. The van der Waals surface area contributed by atoms with Gasteiger partial charge in [0.15, 0.2) is 0 Å². The molecule has 0 radical (unpaired) electrons. The first-order chi connectivity index (χ1) is 14.1. The number of nitriles is 1. The van der Waals surface area contributed by atoms with Crippen molar-refractivity contribution in [3.8, 4) is 6.07 Å². The third-order valence-corrected chi connectivity index (χ3v) is 7.27. The van der Waals surface area contributed by atoms with Crippen LogP contribution in [0.3, 0.4) is 0 Å². The SMILES string of the molecule is C=COCCC1CCC(C2CCC(CCc3cc(F)c(C#N)c(F)c3)CC2)CC1. The summed E-state index contributed by atoms with van der Waals surface area (Å²) in [6.45, 7) is 4.40. The van der Waals surface area contributed by atoms with Gasteiger partial charge in [-0.25, -0.2) is 8.78 Å². The minimum atomic E-state index is -0.738. The molecule has 1 aromatic rings. The lowest BCUT2D eigenvalue weighted by atomic mass is 9.68. The van der Waals surface area contributed by atoms with E-state index in [-0.39, 0.29) is 0 Å². The second-order valence-electron chi connectivity index (χ2n) is 8.97. The second kappa shape index (κ2) is 10.8.